The fraction of sp³-hybridized carbons (Fsp3) is 0.471. The summed E-state index contributed by atoms with van der Waals surface area (Å²) in [4.78, 5) is 2.67. The minimum atomic E-state index is -3.42. The molecule has 1 atom stereocenters. The van der Waals surface area contributed by atoms with Crippen LogP contribution in [0.2, 0.25) is 0 Å². The van der Waals surface area contributed by atoms with Crippen molar-refractivity contribution in [3.05, 3.63) is 48.3 Å². The Morgan fingerprint density at radius 1 is 1.29 bits per heavy atom. The predicted molar refractivity (Wildman–Crippen MR) is 93.2 cm³/mol. The van der Waals surface area contributed by atoms with Crippen molar-refractivity contribution in [3.8, 4) is 0 Å². The van der Waals surface area contributed by atoms with Crippen molar-refractivity contribution in [3.63, 3.8) is 0 Å². The summed E-state index contributed by atoms with van der Waals surface area (Å²) in [5.41, 5.74) is 1.16. The van der Waals surface area contributed by atoms with Gasteiger partial charge in [0, 0.05) is 25.3 Å². The summed E-state index contributed by atoms with van der Waals surface area (Å²) in [6, 6.07) is 8.92. The van der Waals surface area contributed by atoms with Crippen molar-refractivity contribution in [2.45, 2.75) is 37.2 Å². The van der Waals surface area contributed by atoms with Crippen molar-refractivity contribution in [1.29, 1.82) is 0 Å². The van der Waals surface area contributed by atoms with Crippen LogP contribution in [0.25, 0.3) is 0 Å². The maximum absolute atomic E-state index is 12.2. The van der Waals surface area contributed by atoms with Crippen LogP contribution in [0.4, 0.5) is 0 Å². The highest BCUT2D eigenvalue weighted by Gasteiger charge is 2.25. The van der Waals surface area contributed by atoms with Gasteiger partial charge >= 0.3 is 0 Å². The monoisotopic (exact) mass is 348 g/mol. The van der Waals surface area contributed by atoms with Crippen molar-refractivity contribution in [1.82, 2.24) is 19.4 Å². The van der Waals surface area contributed by atoms with E-state index in [-0.39, 0.29) is 0 Å². The normalized spacial score (nSPS) is 19.0. The molecule has 2 aromatic rings. The number of benzene rings is 1. The first-order chi connectivity index (χ1) is 11.5. The summed E-state index contributed by atoms with van der Waals surface area (Å²) in [6.07, 6.45) is 6.20. The first-order valence-electron chi connectivity index (χ1n) is 8.32. The van der Waals surface area contributed by atoms with Crippen LogP contribution in [-0.2, 0) is 16.6 Å². The zero-order valence-electron chi connectivity index (χ0n) is 13.9. The number of rotatable bonds is 7. The van der Waals surface area contributed by atoms with E-state index in [1.165, 1.54) is 0 Å². The lowest BCUT2D eigenvalue weighted by atomic mass is 10.2. The molecule has 2 heterocycles. The second-order valence-electron chi connectivity index (χ2n) is 6.28. The van der Waals surface area contributed by atoms with Crippen LogP contribution in [0.3, 0.4) is 0 Å². The molecule has 0 aliphatic carbocycles. The first-order valence-corrected chi connectivity index (χ1v) is 9.81. The molecule has 0 bridgehead atoms. The largest absolute Gasteiger partial charge is 0.297 e. The molecule has 1 fully saturated rings. The summed E-state index contributed by atoms with van der Waals surface area (Å²) < 4.78 is 29.2. The third-order valence-electron chi connectivity index (χ3n) is 4.40. The first kappa shape index (κ1) is 17.1. The summed E-state index contributed by atoms with van der Waals surface area (Å²) in [5, 5.41) is 4.35. The number of aryl methyl sites for hydroxylation is 1. The maximum Gasteiger partial charge on any atom is 0.240 e. The number of hydrogen-bond acceptors (Lipinski definition) is 4. The highest BCUT2D eigenvalue weighted by Crippen LogP contribution is 2.18. The van der Waals surface area contributed by atoms with Gasteiger partial charge in [0.2, 0.25) is 10.0 Å². The van der Waals surface area contributed by atoms with Gasteiger partial charge in [-0.2, -0.15) is 5.10 Å². The van der Waals surface area contributed by atoms with E-state index in [0.717, 1.165) is 38.0 Å². The molecule has 24 heavy (non-hydrogen) atoms. The molecule has 3 rings (SSSR count). The van der Waals surface area contributed by atoms with E-state index in [2.05, 4.69) is 20.9 Å². The molecule has 130 valence electrons. The van der Waals surface area contributed by atoms with E-state index < -0.39 is 10.0 Å². The number of sulfonamides is 1. The van der Waals surface area contributed by atoms with Crippen LogP contribution < -0.4 is 4.72 Å². The van der Waals surface area contributed by atoms with Gasteiger partial charge in [0.15, 0.2) is 0 Å². The average Bonchev–Trinajstić information content (AvgIpc) is 3.18. The predicted octanol–water partition coefficient (Wildman–Crippen LogP) is 1.63. The van der Waals surface area contributed by atoms with Crippen molar-refractivity contribution >= 4 is 10.0 Å². The zero-order valence-corrected chi connectivity index (χ0v) is 14.7. The lowest BCUT2D eigenvalue weighted by Crippen LogP contribution is -2.39. The van der Waals surface area contributed by atoms with Crippen LogP contribution >= 0.6 is 0 Å². The Kier molecular flexibility index (Phi) is 5.33. The Morgan fingerprint density at radius 3 is 2.79 bits per heavy atom. The zero-order chi connectivity index (χ0) is 17.0. The van der Waals surface area contributed by atoms with Gasteiger partial charge in [-0.05, 0) is 44.0 Å². The number of nitrogens with zero attached hydrogens (tertiary/aromatic N) is 3. The molecule has 1 aromatic heterocycles. The Labute approximate surface area is 143 Å². The molecule has 0 radical (unpaired) electrons. The summed E-state index contributed by atoms with van der Waals surface area (Å²) >= 11 is 0. The molecule has 1 aliphatic heterocycles. The van der Waals surface area contributed by atoms with Crippen LogP contribution in [0.1, 0.15) is 18.4 Å². The molecule has 7 heteroatoms. The smallest absolute Gasteiger partial charge is 0.240 e. The van der Waals surface area contributed by atoms with Gasteiger partial charge in [0.25, 0.3) is 0 Å². The van der Waals surface area contributed by atoms with E-state index in [0.29, 0.717) is 17.5 Å². The van der Waals surface area contributed by atoms with E-state index in [1.807, 2.05) is 23.9 Å². The maximum atomic E-state index is 12.2. The minimum Gasteiger partial charge on any atom is -0.297 e. The highest BCUT2D eigenvalue weighted by atomic mass is 32.2. The lowest BCUT2D eigenvalue weighted by Gasteiger charge is -2.24. The van der Waals surface area contributed by atoms with E-state index in [1.54, 1.807) is 24.3 Å². The second kappa shape index (κ2) is 7.46. The number of likely N-dealkylation sites (tertiary alicyclic amines) is 1. The third-order valence-corrected chi connectivity index (χ3v) is 5.88. The molecule has 1 saturated heterocycles. The van der Waals surface area contributed by atoms with Crippen LogP contribution in [-0.4, -0.2) is 48.8 Å². The Morgan fingerprint density at radius 2 is 2.08 bits per heavy atom. The molecule has 0 spiro atoms. The van der Waals surface area contributed by atoms with Gasteiger partial charge in [-0.25, -0.2) is 13.1 Å². The molecule has 0 amide bonds. The minimum absolute atomic E-state index is 0.315. The van der Waals surface area contributed by atoms with Crippen molar-refractivity contribution in [2.75, 3.05) is 19.6 Å². The summed E-state index contributed by atoms with van der Waals surface area (Å²) in [6.45, 7) is 5.05. The van der Waals surface area contributed by atoms with Gasteiger partial charge in [0.1, 0.15) is 0 Å². The Bertz CT molecular complexity index is 758. The molecule has 0 unspecified atom stereocenters. The van der Waals surface area contributed by atoms with Crippen LogP contribution in [0, 0.1) is 6.92 Å². The average molecular weight is 348 g/mol. The van der Waals surface area contributed by atoms with E-state index in [9.17, 15) is 8.42 Å². The standard InChI is InChI=1S/C17H24N4O2S/c1-15-12-18-21(13-15)14-16-6-5-10-20(16)11-9-19-24(22,23)17-7-3-2-4-8-17/h2-4,7-8,12-13,16,19H,5-6,9-11,14H2,1H3/t16-/m1/s1. The number of hydrogen-bond donors (Lipinski definition) is 1. The van der Waals surface area contributed by atoms with Gasteiger partial charge in [-0.1, -0.05) is 18.2 Å². The second-order valence-corrected chi connectivity index (χ2v) is 8.05. The lowest BCUT2D eigenvalue weighted by molar-refractivity contribution is 0.231. The van der Waals surface area contributed by atoms with Gasteiger partial charge in [-0.15, -0.1) is 0 Å². The van der Waals surface area contributed by atoms with Gasteiger partial charge < -0.3 is 0 Å². The fourth-order valence-electron chi connectivity index (χ4n) is 3.19. The van der Waals surface area contributed by atoms with Gasteiger partial charge in [0.05, 0.1) is 17.6 Å². The molecular formula is C17H24N4O2S. The highest BCUT2D eigenvalue weighted by molar-refractivity contribution is 7.89. The van der Waals surface area contributed by atoms with Crippen molar-refractivity contribution in [2.24, 2.45) is 0 Å². The van der Waals surface area contributed by atoms with E-state index in [4.69, 9.17) is 0 Å². The molecule has 1 aliphatic rings. The van der Waals surface area contributed by atoms with Crippen LogP contribution in [0.5, 0.6) is 0 Å². The Hall–Kier alpha value is -1.70. The molecular weight excluding hydrogens is 324 g/mol. The molecule has 0 saturated carbocycles. The summed E-state index contributed by atoms with van der Waals surface area (Å²) in [5.74, 6) is 0. The van der Waals surface area contributed by atoms with Gasteiger partial charge in [-0.3, -0.25) is 9.58 Å². The quantitative estimate of drug-likeness (QED) is 0.826. The van der Waals surface area contributed by atoms with Crippen LogP contribution in [0.15, 0.2) is 47.6 Å². The fourth-order valence-corrected chi connectivity index (χ4v) is 4.23. The summed E-state index contributed by atoms with van der Waals surface area (Å²) in [7, 11) is -3.42. The molecule has 1 N–H and O–H groups in total. The Balaban J connectivity index is 1.52. The van der Waals surface area contributed by atoms with Crippen molar-refractivity contribution < 1.29 is 8.42 Å². The van der Waals surface area contributed by atoms with E-state index >= 15 is 0 Å². The molecule has 6 nitrogen and oxygen atoms in total. The SMILES string of the molecule is Cc1cnn(C[C@H]2CCCN2CCNS(=O)(=O)c2ccccc2)c1. The number of aromatic nitrogens is 2. The topological polar surface area (TPSA) is 67.2 Å². The number of nitrogens with one attached hydrogen (secondary N) is 1. The molecule has 1 aromatic carbocycles. The third kappa shape index (κ3) is 4.23.